The van der Waals surface area contributed by atoms with Gasteiger partial charge in [0.05, 0.1) is 6.54 Å². The maximum atomic E-state index is 12.2. The van der Waals surface area contributed by atoms with Gasteiger partial charge in [0.2, 0.25) is 11.8 Å². The molecule has 0 bridgehead atoms. The largest absolute Gasteiger partial charge is 0.354 e. The van der Waals surface area contributed by atoms with E-state index in [0.717, 1.165) is 32.1 Å². The molecule has 2 fully saturated rings. The molecule has 2 aliphatic rings. The molecule has 3 N–H and O–H groups in total. The molecule has 5 heteroatoms. The summed E-state index contributed by atoms with van der Waals surface area (Å²) in [4.78, 5) is 25.3. The molecule has 1 aliphatic carbocycles. The maximum absolute atomic E-state index is 12.2. The van der Waals surface area contributed by atoms with Crippen molar-refractivity contribution in [1.82, 2.24) is 10.2 Å². The number of nitrogens with two attached hydrogens (primary N) is 1. The Morgan fingerprint density at radius 2 is 2.22 bits per heavy atom. The molecular formula is C13H23N3O2. The van der Waals surface area contributed by atoms with Crippen molar-refractivity contribution in [3.8, 4) is 0 Å². The Labute approximate surface area is 108 Å². The predicted molar refractivity (Wildman–Crippen MR) is 68.8 cm³/mol. The number of carbonyl (C=O) groups is 2. The number of nitrogens with zero attached hydrogens (tertiary/aromatic N) is 1. The number of carbonyl (C=O) groups excluding carboxylic acids is 2. The molecule has 0 spiro atoms. The highest BCUT2D eigenvalue weighted by molar-refractivity contribution is 5.85. The summed E-state index contributed by atoms with van der Waals surface area (Å²) in [6.45, 7) is 1.59. The topological polar surface area (TPSA) is 75.4 Å². The molecule has 5 nitrogen and oxygen atoms in total. The van der Waals surface area contributed by atoms with Crippen molar-refractivity contribution in [2.75, 3.05) is 19.6 Å². The quantitative estimate of drug-likeness (QED) is 0.740. The lowest BCUT2D eigenvalue weighted by atomic mass is 9.84. The van der Waals surface area contributed by atoms with Crippen molar-refractivity contribution < 1.29 is 9.59 Å². The van der Waals surface area contributed by atoms with Crippen molar-refractivity contribution in [3.63, 3.8) is 0 Å². The SMILES string of the molecule is NC1CCCC(CC(=O)N2CCCNC(=O)C2)C1. The van der Waals surface area contributed by atoms with Gasteiger partial charge in [0.15, 0.2) is 0 Å². The Bertz CT molecular complexity index is 319. The third kappa shape index (κ3) is 3.70. The first-order valence-corrected chi connectivity index (χ1v) is 6.95. The van der Waals surface area contributed by atoms with E-state index in [1.807, 2.05) is 0 Å². The highest BCUT2D eigenvalue weighted by atomic mass is 16.2. The molecule has 0 aromatic heterocycles. The van der Waals surface area contributed by atoms with Gasteiger partial charge in [0.1, 0.15) is 0 Å². The van der Waals surface area contributed by atoms with E-state index < -0.39 is 0 Å². The number of amides is 2. The highest BCUT2D eigenvalue weighted by Gasteiger charge is 2.25. The Morgan fingerprint density at radius 1 is 1.39 bits per heavy atom. The van der Waals surface area contributed by atoms with E-state index in [4.69, 9.17) is 5.73 Å². The first-order chi connectivity index (χ1) is 8.65. The van der Waals surface area contributed by atoms with Crippen LogP contribution < -0.4 is 11.1 Å². The second-order valence-electron chi connectivity index (χ2n) is 5.52. The van der Waals surface area contributed by atoms with Crippen LogP contribution in [0.5, 0.6) is 0 Å². The molecule has 18 heavy (non-hydrogen) atoms. The van der Waals surface area contributed by atoms with Gasteiger partial charge in [0.25, 0.3) is 0 Å². The second kappa shape index (κ2) is 6.18. The maximum Gasteiger partial charge on any atom is 0.239 e. The Balaban J connectivity index is 1.84. The Hall–Kier alpha value is -1.10. The minimum Gasteiger partial charge on any atom is -0.354 e. The third-order valence-corrected chi connectivity index (χ3v) is 3.90. The van der Waals surface area contributed by atoms with Crippen LogP contribution in [0.15, 0.2) is 0 Å². The second-order valence-corrected chi connectivity index (χ2v) is 5.52. The van der Waals surface area contributed by atoms with Gasteiger partial charge < -0.3 is 16.0 Å². The van der Waals surface area contributed by atoms with Crippen LogP contribution in [-0.2, 0) is 9.59 Å². The fraction of sp³-hybridized carbons (Fsp3) is 0.846. The van der Waals surface area contributed by atoms with Crippen LogP contribution in [0.1, 0.15) is 38.5 Å². The molecule has 1 saturated carbocycles. The molecule has 0 radical (unpaired) electrons. The van der Waals surface area contributed by atoms with Gasteiger partial charge >= 0.3 is 0 Å². The number of nitrogens with one attached hydrogen (secondary N) is 1. The molecule has 0 aromatic rings. The van der Waals surface area contributed by atoms with Crippen molar-refractivity contribution in [1.29, 1.82) is 0 Å². The molecule has 0 aromatic carbocycles. The van der Waals surface area contributed by atoms with Gasteiger partial charge in [0, 0.05) is 25.6 Å². The summed E-state index contributed by atoms with van der Waals surface area (Å²) in [5, 5.41) is 2.79. The van der Waals surface area contributed by atoms with Gasteiger partial charge in [-0.15, -0.1) is 0 Å². The number of hydrogen-bond acceptors (Lipinski definition) is 3. The summed E-state index contributed by atoms with van der Waals surface area (Å²) in [7, 11) is 0. The van der Waals surface area contributed by atoms with Gasteiger partial charge in [-0.3, -0.25) is 9.59 Å². The first kappa shape index (κ1) is 13.3. The normalized spacial score (nSPS) is 29.6. The molecule has 1 aliphatic heterocycles. The molecule has 102 valence electrons. The zero-order valence-electron chi connectivity index (χ0n) is 10.9. The van der Waals surface area contributed by atoms with Crippen LogP contribution in [0.2, 0.25) is 0 Å². The van der Waals surface area contributed by atoms with Gasteiger partial charge in [-0.2, -0.15) is 0 Å². The van der Waals surface area contributed by atoms with E-state index >= 15 is 0 Å². The number of hydrogen-bond donors (Lipinski definition) is 2. The molecule has 1 saturated heterocycles. The number of rotatable bonds is 2. The van der Waals surface area contributed by atoms with Crippen LogP contribution in [0.25, 0.3) is 0 Å². The summed E-state index contributed by atoms with van der Waals surface area (Å²) < 4.78 is 0. The average Bonchev–Trinajstić information content (AvgIpc) is 2.54. The lowest BCUT2D eigenvalue weighted by Crippen LogP contribution is -2.39. The van der Waals surface area contributed by atoms with Gasteiger partial charge in [-0.05, 0) is 31.6 Å². The van der Waals surface area contributed by atoms with E-state index in [1.165, 1.54) is 0 Å². The molecule has 2 atom stereocenters. The fourth-order valence-corrected chi connectivity index (χ4v) is 2.91. The molecule has 2 rings (SSSR count). The van der Waals surface area contributed by atoms with Crippen LogP contribution >= 0.6 is 0 Å². The summed E-state index contributed by atoms with van der Waals surface area (Å²) >= 11 is 0. The average molecular weight is 253 g/mol. The zero-order valence-corrected chi connectivity index (χ0v) is 10.9. The summed E-state index contributed by atoms with van der Waals surface area (Å²) in [6, 6.07) is 0.254. The van der Waals surface area contributed by atoms with E-state index in [1.54, 1.807) is 4.90 Å². The van der Waals surface area contributed by atoms with Crippen LogP contribution in [0, 0.1) is 5.92 Å². The predicted octanol–water partition coefficient (Wildman–Crippen LogP) is 0.242. The van der Waals surface area contributed by atoms with Gasteiger partial charge in [-0.25, -0.2) is 0 Å². The zero-order chi connectivity index (χ0) is 13.0. The minimum atomic E-state index is -0.0406. The van der Waals surface area contributed by atoms with Gasteiger partial charge in [-0.1, -0.05) is 6.42 Å². The Kier molecular flexibility index (Phi) is 4.58. The molecule has 2 unspecified atom stereocenters. The van der Waals surface area contributed by atoms with Crippen molar-refractivity contribution in [3.05, 3.63) is 0 Å². The molecule has 1 heterocycles. The van der Waals surface area contributed by atoms with Crippen LogP contribution in [-0.4, -0.2) is 42.4 Å². The van der Waals surface area contributed by atoms with Crippen LogP contribution in [0.3, 0.4) is 0 Å². The van der Waals surface area contributed by atoms with Crippen molar-refractivity contribution >= 4 is 11.8 Å². The summed E-state index contributed by atoms with van der Waals surface area (Å²) in [6.07, 6.45) is 5.66. The van der Waals surface area contributed by atoms with E-state index in [9.17, 15) is 9.59 Å². The standard InChI is InChI=1S/C13H23N3O2/c14-11-4-1-3-10(7-11)8-13(18)16-6-2-5-15-12(17)9-16/h10-11H,1-9,14H2,(H,15,17). The fourth-order valence-electron chi connectivity index (χ4n) is 2.91. The molecular weight excluding hydrogens is 230 g/mol. The van der Waals surface area contributed by atoms with Crippen molar-refractivity contribution in [2.45, 2.75) is 44.6 Å². The van der Waals surface area contributed by atoms with Crippen molar-refractivity contribution in [2.24, 2.45) is 11.7 Å². The summed E-state index contributed by atoms with van der Waals surface area (Å²) in [5.74, 6) is 0.486. The van der Waals surface area contributed by atoms with E-state index in [0.29, 0.717) is 25.4 Å². The van der Waals surface area contributed by atoms with Crippen LogP contribution in [0.4, 0.5) is 0 Å². The summed E-state index contributed by atoms with van der Waals surface area (Å²) in [5.41, 5.74) is 5.94. The highest BCUT2D eigenvalue weighted by Crippen LogP contribution is 2.26. The van der Waals surface area contributed by atoms with E-state index in [2.05, 4.69) is 5.32 Å². The lowest BCUT2D eigenvalue weighted by Gasteiger charge is -2.28. The monoisotopic (exact) mass is 253 g/mol. The minimum absolute atomic E-state index is 0.0406. The third-order valence-electron chi connectivity index (χ3n) is 3.90. The van der Waals surface area contributed by atoms with E-state index in [-0.39, 0.29) is 24.4 Å². The first-order valence-electron chi connectivity index (χ1n) is 6.95. The molecule has 2 amide bonds. The lowest BCUT2D eigenvalue weighted by molar-refractivity contribution is -0.136. The Morgan fingerprint density at radius 3 is 3.00 bits per heavy atom. The smallest absolute Gasteiger partial charge is 0.239 e.